The maximum atomic E-state index is 12.6. The normalized spacial score (nSPS) is 22.7. The second kappa shape index (κ2) is 6.27. The summed E-state index contributed by atoms with van der Waals surface area (Å²) in [4.78, 5) is 12.6. The lowest BCUT2D eigenvalue weighted by Crippen LogP contribution is -2.46. The van der Waals surface area contributed by atoms with Gasteiger partial charge in [-0.05, 0) is 29.7 Å². The quantitative estimate of drug-likeness (QED) is 0.831. The molecular formula is C18H22N2O. The van der Waals surface area contributed by atoms with Crippen LogP contribution in [0.5, 0.6) is 0 Å². The van der Waals surface area contributed by atoms with E-state index in [1.165, 1.54) is 12.8 Å². The number of hydrogen-bond donors (Lipinski definition) is 2. The first kappa shape index (κ1) is 14.1. The fourth-order valence-electron chi connectivity index (χ4n) is 3.19. The predicted octanol–water partition coefficient (Wildman–Crippen LogP) is 3.23. The third-order valence-electron chi connectivity index (χ3n) is 4.42. The zero-order valence-electron chi connectivity index (χ0n) is 12.2. The average Bonchev–Trinajstić information content (AvgIpc) is 2.71. The van der Waals surface area contributed by atoms with Gasteiger partial charge in [-0.15, -0.1) is 0 Å². The smallest absolute Gasteiger partial charge is 0.252 e. The standard InChI is InChI=1S/C18H22N2O/c19-16-11-2-1-3-12-17(16)20-18(21)15-10-6-8-13-7-4-5-9-14(13)15/h4-10,16-17H,1-3,11-12,19H2,(H,20,21). The summed E-state index contributed by atoms with van der Waals surface area (Å²) in [7, 11) is 0. The fraction of sp³-hybridized carbons (Fsp3) is 0.389. The van der Waals surface area contributed by atoms with Crippen LogP contribution >= 0.6 is 0 Å². The molecule has 1 fully saturated rings. The van der Waals surface area contributed by atoms with Crippen molar-refractivity contribution in [3.05, 3.63) is 48.0 Å². The van der Waals surface area contributed by atoms with E-state index < -0.39 is 0 Å². The van der Waals surface area contributed by atoms with Gasteiger partial charge in [0.1, 0.15) is 0 Å². The number of rotatable bonds is 2. The molecule has 2 aromatic rings. The van der Waals surface area contributed by atoms with Crippen molar-refractivity contribution in [2.45, 2.75) is 44.2 Å². The van der Waals surface area contributed by atoms with Gasteiger partial charge in [-0.25, -0.2) is 0 Å². The van der Waals surface area contributed by atoms with E-state index in [1.807, 2.05) is 42.5 Å². The third-order valence-corrected chi connectivity index (χ3v) is 4.42. The van der Waals surface area contributed by atoms with Crippen LogP contribution in [0.2, 0.25) is 0 Å². The molecule has 0 aromatic heterocycles. The highest BCUT2D eigenvalue weighted by Crippen LogP contribution is 2.20. The topological polar surface area (TPSA) is 55.1 Å². The molecule has 0 aliphatic heterocycles. The van der Waals surface area contributed by atoms with Gasteiger partial charge in [-0.3, -0.25) is 4.79 Å². The van der Waals surface area contributed by atoms with Gasteiger partial charge in [0.2, 0.25) is 0 Å². The number of amides is 1. The molecule has 0 radical (unpaired) electrons. The molecule has 1 saturated carbocycles. The Balaban J connectivity index is 1.83. The Morgan fingerprint density at radius 3 is 2.67 bits per heavy atom. The molecule has 3 nitrogen and oxygen atoms in total. The van der Waals surface area contributed by atoms with Gasteiger partial charge in [0.05, 0.1) is 0 Å². The van der Waals surface area contributed by atoms with Crippen LogP contribution in [0.4, 0.5) is 0 Å². The molecule has 1 amide bonds. The molecule has 0 bridgehead atoms. The Bertz CT molecular complexity index is 633. The first-order chi connectivity index (χ1) is 10.3. The van der Waals surface area contributed by atoms with E-state index in [9.17, 15) is 4.79 Å². The van der Waals surface area contributed by atoms with Gasteiger partial charge in [0, 0.05) is 17.6 Å². The van der Waals surface area contributed by atoms with Gasteiger partial charge >= 0.3 is 0 Å². The zero-order chi connectivity index (χ0) is 14.7. The number of carbonyl (C=O) groups is 1. The highest BCUT2D eigenvalue weighted by molar-refractivity contribution is 6.07. The number of hydrogen-bond acceptors (Lipinski definition) is 2. The van der Waals surface area contributed by atoms with Crippen molar-refractivity contribution < 1.29 is 4.79 Å². The minimum absolute atomic E-state index is 0.00542. The highest BCUT2D eigenvalue weighted by Gasteiger charge is 2.23. The number of carbonyl (C=O) groups excluding carboxylic acids is 1. The monoisotopic (exact) mass is 282 g/mol. The molecule has 1 aliphatic rings. The molecule has 3 N–H and O–H groups in total. The van der Waals surface area contributed by atoms with Crippen LogP contribution in [-0.4, -0.2) is 18.0 Å². The van der Waals surface area contributed by atoms with Crippen LogP contribution in [0.15, 0.2) is 42.5 Å². The van der Waals surface area contributed by atoms with Crippen LogP contribution in [0.1, 0.15) is 42.5 Å². The van der Waals surface area contributed by atoms with Crippen molar-refractivity contribution >= 4 is 16.7 Å². The predicted molar refractivity (Wildman–Crippen MR) is 86.3 cm³/mol. The molecular weight excluding hydrogens is 260 g/mol. The second-order valence-corrected chi connectivity index (χ2v) is 5.91. The summed E-state index contributed by atoms with van der Waals surface area (Å²) < 4.78 is 0. The molecule has 3 heteroatoms. The molecule has 2 aromatic carbocycles. The van der Waals surface area contributed by atoms with E-state index in [4.69, 9.17) is 5.73 Å². The van der Waals surface area contributed by atoms with Gasteiger partial charge in [0.15, 0.2) is 0 Å². The Morgan fingerprint density at radius 1 is 1.00 bits per heavy atom. The third kappa shape index (κ3) is 3.08. The van der Waals surface area contributed by atoms with Crippen LogP contribution in [0, 0.1) is 0 Å². The van der Waals surface area contributed by atoms with Crippen molar-refractivity contribution in [2.24, 2.45) is 5.73 Å². The first-order valence-corrected chi connectivity index (χ1v) is 7.80. The molecule has 3 rings (SSSR count). The minimum Gasteiger partial charge on any atom is -0.348 e. The lowest BCUT2D eigenvalue weighted by molar-refractivity contribution is 0.0930. The summed E-state index contributed by atoms with van der Waals surface area (Å²) in [5.41, 5.74) is 6.94. The summed E-state index contributed by atoms with van der Waals surface area (Å²) >= 11 is 0. The van der Waals surface area contributed by atoms with Crippen LogP contribution in [0.25, 0.3) is 10.8 Å². The Labute approximate surface area is 125 Å². The Hall–Kier alpha value is -1.87. The van der Waals surface area contributed by atoms with Crippen molar-refractivity contribution in [3.63, 3.8) is 0 Å². The van der Waals surface area contributed by atoms with Crippen molar-refractivity contribution in [2.75, 3.05) is 0 Å². The molecule has 0 spiro atoms. The van der Waals surface area contributed by atoms with Crippen molar-refractivity contribution in [3.8, 4) is 0 Å². The average molecular weight is 282 g/mol. The van der Waals surface area contributed by atoms with Crippen LogP contribution in [0.3, 0.4) is 0 Å². The molecule has 21 heavy (non-hydrogen) atoms. The van der Waals surface area contributed by atoms with Crippen LogP contribution in [-0.2, 0) is 0 Å². The zero-order valence-corrected chi connectivity index (χ0v) is 12.2. The van der Waals surface area contributed by atoms with E-state index >= 15 is 0 Å². The fourth-order valence-corrected chi connectivity index (χ4v) is 3.19. The molecule has 0 heterocycles. The maximum Gasteiger partial charge on any atom is 0.252 e. The van der Waals surface area contributed by atoms with Crippen LogP contribution < -0.4 is 11.1 Å². The summed E-state index contributed by atoms with van der Waals surface area (Å²) in [5, 5.41) is 5.25. The van der Waals surface area contributed by atoms with E-state index in [0.717, 1.165) is 35.6 Å². The molecule has 1 aliphatic carbocycles. The molecule has 0 saturated heterocycles. The summed E-state index contributed by atoms with van der Waals surface area (Å²) in [5.74, 6) is -0.00542. The first-order valence-electron chi connectivity index (χ1n) is 7.80. The Kier molecular flexibility index (Phi) is 4.20. The largest absolute Gasteiger partial charge is 0.348 e. The van der Waals surface area contributed by atoms with Crippen molar-refractivity contribution in [1.29, 1.82) is 0 Å². The van der Waals surface area contributed by atoms with E-state index in [0.29, 0.717) is 0 Å². The number of fused-ring (bicyclic) bond motifs is 1. The van der Waals surface area contributed by atoms with Gasteiger partial charge in [-0.1, -0.05) is 55.7 Å². The minimum atomic E-state index is -0.00542. The molecule has 2 unspecified atom stereocenters. The Morgan fingerprint density at radius 2 is 1.76 bits per heavy atom. The molecule has 110 valence electrons. The van der Waals surface area contributed by atoms with E-state index in [-0.39, 0.29) is 18.0 Å². The summed E-state index contributed by atoms with van der Waals surface area (Å²) in [6, 6.07) is 14.0. The number of benzene rings is 2. The number of nitrogens with one attached hydrogen (secondary N) is 1. The molecule has 2 atom stereocenters. The maximum absolute atomic E-state index is 12.6. The highest BCUT2D eigenvalue weighted by atomic mass is 16.1. The van der Waals surface area contributed by atoms with E-state index in [1.54, 1.807) is 0 Å². The lowest BCUT2D eigenvalue weighted by atomic mass is 10.0. The van der Waals surface area contributed by atoms with Gasteiger partial charge in [0.25, 0.3) is 5.91 Å². The summed E-state index contributed by atoms with van der Waals surface area (Å²) in [6.07, 6.45) is 5.52. The second-order valence-electron chi connectivity index (χ2n) is 5.91. The van der Waals surface area contributed by atoms with Gasteiger partial charge in [-0.2, -0.15) is 0 Å². The number of nitrogens with two attached hydrogens (primary N) is 1. The van der Waals surface area contributed by atoms with E-state index in [2.05, 4.69) is 5.32 Å². The lowest BCUT2D eigenvalue weighted by Gasteiger charge is -2.23. The van der Waals surface area contributed by atoms with Gasteiger partial charge < -0.3 is 11.1 Å². The summed E-state index contributed by atoms with van der Waals surface area (Å²) in [6.45, 7) is 0. The SMILES string of the molecule is NC1CCCCCC1NC(=O)c1cccc2ccccc12. The van der Waals surface area contributed by atoms with Crippen molar-refractivity contribution in [1.82, 2.24) is 5.32 Å².